The standard InChI is InChI=1S/C24H19FN4O5/c25-17-3-1-2-16(12-17)24-27-19-14-18(5-7-22(19)34-24)26-23(30)15-4-6-20(21(13-15)29(31)32)28-8-10-33-11-9-28/h1-7,12-14H,8-11H2,(H,26,30). The monoisotopic (exact) mass is 462 g/mol. The summed E-state index contributed by atoms with van der Waals surface area (Å²) in [5.74, 6) is -0.640. The molecule has 1 aliphatic heterocycles. The Morgan fingerprint density at radius 1 is 1.09 bits per heavy atom. The molecule has 0 saturated carbocycles. The van der Waals surface area contributed by atoms with Crippen LogP contribution in [0, 0.1) is 15.9 Å². The van der Waals surface area contributed by atoms with Crippen molar-refractivity contribution in [2.24, 2.45) is 0 Å². The van der Waals surface area contributed by atoms with Crippen molar-refractivity contribution >= 4 is 34.1 Å². The van der Waals surface area contributed by atoms with E-state index in [4.69, 9.17) is 9.15 Å². The second-order valence-corrected chi connectivity index (χ2v) is 7.73. The Morgan fingerprint density at radius 3 is 2.68 bits per heavy atom. The fourth-order valence-electron chi connectivity index (χ4n) is 3.84. The molecule has 0 radical (unpaired) electrons. The Kier molecular flexibility index (Phi) is 5.64. The minimum absolute atomic E-state index is 0.138. The summed E-state index contributed by atoms with van der Waals surface area (Å²) in [7, 11) is 0. The molecular formula is C24H19FN4O5. The van der Waals surface area contributed by atoms with Crippen LogP contribution in [-0.2, 0) is 4.74 Å². The largest absolute Gasteiger partial charge is 0.436 e. The molecule has 0 atom stereocenters. The topological polar surface area (TPSA) is 111 Å². The number of halogens is 1. The van der Waals surface area contributed by atoms with Crippen LogP contribution in [0.2, 0.25) is 0 Å². The van der Waals surface area contributed by atoms with Gasteiger partial charge in [0.25, 0.3) is 11.6 Å². The van der Waals surface area contributed by atoms with Gasteiger partial charge in [-0.2, -0.15) is 0 Å². The van der Waals surface area contributed by atoms with Gasteiger partial charge in [-0.3, -0.25) is 14.9 Å². The third-order valence-corrected chi connectivity index (χ3v) is 5.50. The lowest BCUT2D eigenvalue weighted by molar-refractivity contribution is -0.384. The van der Waals surface area contributed by atoms with E-state index in [9.17, 15) is 19.3 Å². The normalized spacial score (nSPS) is 13.7. The zero-order chi connectivity index (χ0) is 23.7. The molecule has 1 aliphatic rings. The van der Waals surface area contributed by atoms with Crippen LogP contribution in [-0.4, -0.2) is 42.1 Å². The first-order valence-corrected chi connectivity index (χ1v) is 10.6. The van der Waals surface area contributed by atoms with Crippen molar-refractivity contribution in [3.05, 3.63) is 82.2 Å². The molecule has 3 aromatic carbocycles. The summed E-state index contributed by atoms with van der Waals surface area (Å²) in [6.45, 7) is 2.07. The number of nitro benzene ring substituents is 1. The van der Waals surface area contributed by atoms with Gasteiger partial charge in [0.05, 0.1) is 18.1 Å². The van der Waals surface area contributed by atoms with Crippen molar-refractivity contribution in [3.63, 3.8) is 0 Å². The predicted octanol–water partition coefficient (Wildman–Crippen LogP) is 4.63. The molecule has 9 nitrogen and oxygen atoms in total. The maximum Gasteiger partial charge on any atom is 0.293 e. The molecule has 5 rings (SSSR count). The van der Waals surface area contributed by atoms with Gasteiger partial charge in [0.2, 0.25) is 5.89 Å². The van der Waals surface area contributed by atoms with E-state index in [1.807, 2.05) is 4.90 Å². The summed E-state index contributed by atoms with van der Waals surface area (Å²) in [5.41, 5.74) is 2.36. The molecule has 0 unspecified atom stereocenters. The number of anilines is 2. The van der Waals surface area contributed by atoms with Gasteiger partial charge in [0.1, 0.15) is 17.0 Å². The second-order valence-electron chi connectivity index (χ2n) is 7.73. The number of hydrogen-bond acceptors (Lipinski definition) is 7. The smallest absolute Gasteiger partial charge is 0.293 e. The fourth-order valence-corrected chi connectivity index (χ4v) is 3.84. The first-order valence-electron chi connectivity index (χ1n) is 10.6. The Morgan fingerprint density at radius 2 is 1.91 bits per heavy atom. The molecular weight excluding hydrogens is 443 g/mol. The van der Waals surface area contributed by atoms with Gasteiger partial charge in [0.15, 0.2) is 5.58 Å². The highest BCUT2D eigenvalue weighted by molar-refractivity contribution is 6.05. The van der Waals surface area contributed by atoms with Crippen LogP contribution in [0.1, 0.15) is 10.4 Å². The molecule has 0 bridgehead atoms. The third-order valence-electron chi connectivity index (χ3n) is 5.50. The Balaban J connectivity index is 1.38. The summed E-state index contributed by atoms with van der Waals surface area (Å²) in [6, 6.07) is 15.2. The van der Waals surface area contributed by atoms with Gasteiger partial charge < -0.3 is 19.4 Å². The molecule has 4 aromatic rings. The lowest BCUT2D eigenvalue weighted by Gasteiger charge is -2.28. The first kappa shape index (κ1) is 21.5. The van der Waals surface area contributed by atoms with Crippen molar-refractivity contribution in [1.29, 1.82) is 0 Å². The van der Waals surface area contributed by atoms with E-state index >= 15 is 0 Å². The van der Waals surface area contributed by atoms with Crippen LogP contribution in [0.3, 0.4) is 0 Å². The highest BCUT2D eigenvalue weighted by Gasteiger charge is 2.23. The zero-order valence-corrected chi connectivity index (χ0v) is 17.9. The zero-order valence-electron chi connectivity index (χ0n) is 17.9. The van der Waals surface area contributed by atoms with Gasteiger partial charge in [-0.15, -0.1) is 0 Å². The van der Waals surface area contributed by atoms with Gasteiger partial charge in [-0.1, -0.05) is 6.07 Å². The number of rotatable bonds is 5. The average Bonchev–Trinajstić information content (AvgIpc) is 3.28. The number of oxazole rings is 1. The van der Waals surface area contributed by atoms with E-state index in [-0.39, 0.29) is 17.1 Å². The van der Waals surface area contributed by atoms with Gasteiger partial charge in [-0.05, 0) is 48.5 Å². The number of fused-ring (bicyclic) bond motifs is 1. The van der Waals surface area contributed by atoms with Gasteiger partial charge >= 0.3 is 0 Å². The summed E-state index contributed by atoms with van der Waals surface area (Å²) < 4.78 is 24.5. The maximum atomic E-state index is 13.5. The summed E-state index contributed by atoms with van der Waals surface area (Å²) in [4.78, 5) is 30.2. The summed E-state index contributed by atoms with van der Waals surface area (Å²) in [5, 5.41) is 14.4. The lowest BCUT2D eigenvalue weighted by Crippen LogP contribution is -2.36. The number of aromatic nitrogens is 1. The number of benzene rings is 3. The lowest BCUT2D eigenvalue weighted by atomic mass is 10.1. The van der Waals surface area contributed by atoms with Crippen LogP contribution in [0.25, 0.3) is 22.6 Å². The molecule has 0 aliphatic carbocycles. The Labute approximate surface area is 192 Å². The first-order chi connectivity index (χ1) is 16.5. The molecule has 10 heteroatoms. The van der Waals surface area contributed by atoms with Crippen LogP contribution < -0.4 is 10.2 Å². The third kappa shape index (κ3) is 4.30. The quantitative estimate of drug-likeness (QED) is 0.340. The number of hydrogen-bond donors (Lipinski definition) is 1. The molecule has 1 N–H and O–H groups in total. The summed E-state index contributed by atoms with van der Waals surface area (Å²) in [6.07, 6.45) is 0. The number of ether oxygens (including phenoxy) is 1. The predicted molar refractivity (Wildman–Crippen MR) is 123 cm³/mol. The SMILES string of the molecule is O=C(Nc1ccc2oc(-c3cccc(F)c3)nc2c1)c1ccc(N2CCOCC2)c([N+](=O)[O-])c1. The van der Waals surface area contributed by atoms with Gasteiger partial charge in [-0.25, -0.2) is 9.37 Å². The summed E-state index contributed by atoms with van der Waals surface area (Å²) >= 11 is 0. The second kappa shape index (κ2) is 8.91. The van der Waals surface area contributed by atoms with Crippen molar-refractivity contribution in [2.75, 3.05) is 36.5 Å². The number of nitrogens with zero attached hydrogens (tertiary/aromatic N) is 3. The van der Waals surface area contributed by atoms with Crippen molar-refractivity contribution in [2.45, 2.75) is 0 Å². The Hall–Kier alpha value is -4.31. The van der Waals surface area contributed by atoms with Crippen LogP contribution in [0.5, 0.6) is 0 Å². The molecule has 0 spiro atoms. The number of nitro groups is 1. The minimum atomic E-state index is -0.496. The van der Waals surface area contributed by atoms with E-state index in [2.05, 4.69) is 10.3 Å². The maximum absolute atomic E-state index is 13.5. The highest BCUT2D eigenvalue weighted by Crippen LogP contribution is 2.31. The number of carbonyl (C=O) groups is 1. The minimum Gasteiger partial charge on any atom is -0.436 e. The van der Waals surface area contributed by atoms with Crippen LogP contribution in [0.4, 0.5) is 21.5 Å². The molecule has 1 fully saturated rings. The van der Waals surface area contributed by atoms with Gasteiger partial charge in [0, 0.05) is 36.0 Å². The highest BCUT2D eigenvalue weighted by atomic mass is 19.1. The van der Waals surface area contributed by atoms with Crippen molar-refractivity contribution < 1.29 is 23.3 Å². The van der Waals surface area contributed by atoms with Crippen LogP contribution >= 0.6 is 0 Å². The molecule has 2 heterocycles. The number of amides is 1. The molecule has 34 heavy (non-hydrogen) atoms. The van der Waals surface area contributed by atoms with E-state index in [1.54, 1.807) is 42.5 Å². The van der Waals surface area contributed by atoms with E-state index in [1.165, 1.54) is 18.2 Å². The van der Waals surface area contributed by atoms with Crippen molar-refractivity contribution in [1.82, 2.24) is 4.98 Å². The number of nitrogens with one attached hydrogen (secondary N) is 1. The molecule has 1 saturated heterocycles. The Bertz CT molecular complexity index is 1400. The molecule has 1 aromatic heterocycles. The van der Waals surface area contributed by atoms with Crippen LogP contribution in [0.15, 0.2) is 65.1 Å². The number of carbonyl (C=O) groups excluding carboxylic acids is 1. The van der Waals surface area contributed by atoms with E-state index in [0.29, 0.717) is 54.3 Å². The van der Waals surface area contributed by atoms with E-state index in [0.717, 1.165) is 0 Å². The van der Waals surface area contributed by atoms with Crippen molar-refractivity contribution in [3.8, 4) is 11.5 Å². The fraction of sp³-hybridized carbons (Fsp3) is 0.167. The van der Waals surface area contributed by atoms with E-state index < -0.39 is 16.6 Å². The molecule has 1 amide bonds. The molecule has 172 valence electrons. The number of morpholine rings is 1. The average molecular weight is 462 g/mol.